The second-order valence-electron chi connectivity index (χ2n) is 11.0. The zero-order chi connectivity index (χ0) is 30.8. The molecule has 0 saturated carbocycles. The van der Waals surface area contributed by atoms with Gasteiger partial charge in [-0.1, -0.05) is 145 Å². The molecule has 0 aromatic heterocycles. The van der Waals surface area contributed by atoms with Gasteiger partial charge in [0.25, 0.3) is 0 Å². The molecule has 0 heterocycles. The number of carbonyl (C=O) groups is 2. The number of hydrogen-bond donors (Lipinski definition) is 1. The zero-order valence-corrected chi connectivity index (χ0v) is 27.0. The Morgan fingerprint density at radius 3 is 1.43 bits per heavy atom. The molecule has 0 bridgehead atoms. The molecular formula is C38H62O4. The van der Waals surface area contributed by atoms with Gasteiger partial charge in [-0.15, -0.1) is 0 Å². The van der Waals surface area contributed by atoms with Crippen LogP contribution in [0.1, 0.15) is 149 Å². The number of rotatable bonds is 29. The van der Waals surface area contributed by atoms with E-state index in [1.807, 2.05) is 6.08 Å². The number of carbonyl (C=O) groups excluding carboxylic acids is 1. The Kier molecular flexibility index (Phi) is 30.8. The zero-order valence-electron chi connectivity index (χ0n) is 27.0. The van der Waals surface area contributed by atoms with Crippen molar-refractivity contribution in [1.82, 2.24) is 0 Å². The van der Waals surface area contributed by atoms with Gasteiger partial charge in [0, 0.05) is 12.8 Å². The van der Waals surface area contributed by atoms with Crippen LogP contribution in [-0.2, 0) is 14.3 Å². The molecule has 238 valence electrons. The molecule has 0 aliphatic rings. The molecule has 0 rings (SSSR count). The van der Waals surface area contributed by atoms with Crippen LogP contribution >= 0.6 is 0 Å². The normalized spacial score (nSPS) is 13.2. The highest BCUT2D eigenvalue weighted by Crippen LogP contribution is 2.16. The summed E-state index contributed by atoms with van der Waals surface area (Å²) in [5.74, 6) is -1.06. The number of aliphatic carboxylic acids is 1. The van der Waals surface area contributed by atoms with E-state index < -0.39 is 5.97 Å². The number of ether oxygens (including phenoxy) is 1. The smallest absolute Gasteiger partial charge is 0.306 e. The van der Waals surface area contributed by atoms with Gasteiger partial charge in [0.05, 0.1) is 0 Å². The van der Waals surface area contributed by atoms with Crippen molar-refractivity contribution in [3.8, 4) is 0 Å². The van der Waals surface area contributed by atoms with Crippen molar-refractivity contribution in [3.05, 3.63) is 72.9 Å². The predicted octanol–water partition coefficient (Wildman–Crippen LogP) is 11.6. The summed E-state index contributed by atoms with van der Waals surface area (Å²) in [6.07, 6.45) is 46.3. The quantitative estimate of drug-likeness (QED) is 0.0541. The Balaban J connectivity index is 3.96. The largest absolute Gasteiger partial charge is 0.481 e. The molecule has 0 radical (unpaired) electrons. The summed E-state index contributed by atoms with van der Waals surface area (Å²) in [5.41, 5.74) is 0. The molecule has 1 atom stereocenters. The number of unbranched alkanes of at least 4 members (excludes halogenated alkanes) is 9. The molecule has 4 nitrogen and oxygen atoms in total. The fraction of sp³-hybridized carbons (Fsp3) is 0.632. The van der Waals surface area contributed by atoms with Gasteiger partial charge < -0.3 is 9.84 Å². The van der Waals surface area contributed by atoms with E-state index in [0.717, 1.165) is 57.8 Å². The summed E-state index contributed by atoms with van der Waals surface area (Å²) in [7, 11) is 0. The number of allylic oxidation sites excluding steroid dienone is 12. The average molecular weight is 583 g/mol. The molecule has 0 aliphatic heterocycles. The fourth-order valence-electron chi connectivity index (χ4n) is 4.49. The Labute approximate surface area is 258 Å². The van der Waals surface area contributed by atoms with Gasteiger partial charge in [0.1, 0.15) is 6.10 Å². The van der Waals surface area contributed by atoms with E-state index in [1.54, 1.807) is 0 Å². The van der Waals surface area contributed by atoms with Crippen molar-refractivity contribution in [1.29, 1.82) is 0 Å². The lowest BCUT2D eigenvalue weighted by atomic mass is 10.0. The minimum absolute atomic E-state index is 0.0445. The van der Waals surface area contributed by atoms with Crippen LogP contribution in [0.5, 0.6) is 0 Å². The van der Waals surface area contributed by atoms with Crippen molar-refractivity contribution in [3.63, 3.8) is 0 Å². The standard InChI is InChI=1S/C38H62O4/c1-3-5-7-9-11-13-15-16-17-18-19-20-21-22-23-25-27-29-31-33-38(41)42-36(34-35-37(39)40)32-30-28-26-24-14-12-10-8-6-4-2/h5,7,11,13,16-17,19-20,22-23,27,29,36H,3-4,6,8-10,12,14-15,18,21,24-26,28,30-35H2,1-2H3,(H,39,40)/b7-5-,13-11-,17-16-,20-19-,23-22-,29-27-. The van der Waals surface area contributed by atoms with Crippen LogP contribution in [0.2, 0.25) is 0 Å². The highest BCUT2D eigenvalue weighted by molar-refractivity contribution is 5.70. The maximum Gasteiger partial charge on any atom is 0.306 e. The minimum Gasteiger partial charge on any atom is -0.481 e. The van der Waals surface area contributed by atoms with Gasteiger partial charge in [-0.05, 0) is 64.2 Å². The highest BCUT2D eigenvalue weighted by Gasteiger charge is 2.15. The van der Waals surface area contributed by atoms with E-state index >= 15 is 0 Å². The molecule has 0 spiro atoms. The van der Waals surface area contributed by atoms with Crippen LogP contribution in [-0.4, -0.2) is 23.1 Å². The Hall–Kier alpha value is -2.62. The van der Waals surface area contributed by atoms with Crippen LogP contribution in [0.15, 0.2) is 72.9 Å². The van der Waals surface area contributed by atoms with Crippen LogP contribution < -0.4 is 0 Å². The predicted molar refractivity (Wildman–Crippen MR) is 181 cm³/mol. The summed E-state index contributed by atoms with van der Waals surface area (Å²) < 4.78 is 5.65. The molecule has 42 heavy (non-hydrogen) atoms. The van der Waals surface area contributed by atoms with Crippen LogP contribution in [0, 0.1) is 0 Å². The van der Waals surface area contributed by atoms with Gasteiger partial charge in [0.15, 0.2) is 0 Å². The monoisotopic (exact) mass is 582 g/mol. The first-order valence-electron chi connectivity index (χ1n) is 16.9. The lowest BCUT2D eigenvalue weighted by molar-refractivity contribution is -0.151. The molecule has 0 aromatic carbocycles. The highest BCUT2D eigenvalue weighted by atomic mass is 16.5. The minimum atomic E-state index is -0.836. The van der Waals surface area contributed by atoms with E-state index in [-0.39, 0.29) is 18.5 Å². The summed E-state index contributed by atoms with van der Waals surface area (Å²) in [6, 6.07) is 0. The molecule has 1 N–H and O–H groups in total. The van der Waals surface area contributed by atoms with E-state index in [4.69, 9.17) is 9.84 Å². The Morgan fingerprint density at radius 1 is 0.548 bits per heavy atom. The third-order valence-electron chi connectivity index (χ3n) is 6.97. The molecule has 1 unspecified atom stereocenters. The van der Waals surface area contributed by atoms with Crippen LogP contribution in [0.3, 0.4) is 0 Å². The second-order valence-corrected chi connectivity index (χ2v) is 11.0. The molecule has 0 aromatic rings. The van der Waals surface area contributed by atoms with Crippen molar-refractivity contribution in [2.45, 2.75) is 155 Å². The second kappa shape index (κ2) is 32.9. The Morgan fingerprint density at radius 2 is 0.976 bits per heavy atom. The topological polar surface area (TPSA) is 63.6 Å². The summed E-state index contributed by atoms with van der Waals surface area (Å²) >= 11 is 0. The van der Waals surface area contributed by atoms with Crippen molar-refractivity contribution < 1.29 is 19.4 Å². The van der Waals surface area contributed by atoms with Crippen molar-refractivity contribution >= 4 is 11.9 Å². The lowest BCUT2D eigenvalue weighted by Crippen LogP contribution is -2.19. The number of carboxylic acids is 1. The maximum absolute atomic E-state index is 12.3. The first-order chi connectivity index (χ1) is 20.6. The van der Waals surface area contributed by atoms with Gasteiger partial charge in [-0.2, -0.15) is 0 Å². The summed E-state index contributed by atoms with van der Waals surface area (Å²) in [4.78, 5) is 23.4. The number of hydrogen-bond acceptors (Lipinski definition) is 3. The number of carboxylic acid groups (broad SMARTS) is 1. The van der Waals surface area contributed by atoms with E-state index in [1.165, 1.54) is 51.4 Å². The maximum atomic E-state index is 12.3. The summed E-state index contributed by atoms with van der Waals surface area (Å²) in [6.45, 7) is 4.39. The molecule has 0 saturated heterocycles. The van der Waals surface area contributed by atoms with E-state index in [2.05, 4.69) is 80.7 Å². The fourth-order valence-corrected chi connectivity index (χ4v) is 4.49. The van der Waals surface area contributed by atoms with Gasteiger partial charge in [0.2, 0.25) is 0 Å². The molecule has 0 amide bonds. The molecule has 0 fully saturated rings. The van der Waals surface area contributed by atoms with Crippen molar-refractivity contribution in [2.24, 2.45) is 0 Å². The molecular weight excluding hydrogens is 520 g/mol. The first kappa shape index (κ1) is 39.4. The summed E-state index contributed by atoms with van der Waals surface area (Å²) in [5, 5.41) is 9.06. The number of esters is 1. The first-order valence-corrected chi connectivity index (χ1v) is 16.9. The van der Waals surface area contributed by atoms with Gasteiger partial charge >= 0.3 is 11.9 Å². The Bertz CT molecular complexity index is 800. The van der Waals surface area contributed by atoms with E-state index in [0.29, 0.717) is 19.3 Å². The SMILES string of the molecule is CC/C=C\C/C=C\C/C=C\C/C=C\C/C=C\C/C=C\CCC(=O)OC(CCCCCCCCCCCC)CCC(=O)O. The van der Waals surface area contributed by atoms with Gasteiger partial charge in [-0.25, -0.2) is 0 Å². The van der Waals surface area contributed by atoms with E-state index in [9.17, 15) is 9.59 Å². The van der Waals surface area contributed by atoms with Crippen LogP contribution in [0.4, 0.5) is 0 Å². The average Bonchev–Trinajstić information content (AvgIpc) is 2.97. The third-order valence-corrected chi connectivity index (χ3v) is 6.97. The van der Waals surface area contributed by atoms with Gasteiger partial charge in [-0.3, -0.25) is 9.59 Å². The lowest BCUT2D eigenvalue weighted by Gasteiger charge is -2.17. The third kappa shape index (κ3) is 31.9. The van der Waals surface area contributed by atoms with Crippen molar-refractivity contribution in [2.75, 3.05) is 0 Å². The molecule has 0 aliphatic carbocycles. The molecule has 4 heteroatoms. The van der Waals surface area contributed by atoms with Crippen LogP contribution in [0.25, 0.3) is 0 Å².